The average Bonchev–Trinajstić information content (AvgIpc) is 2.96. The standard InChI is InChI=1S/C18H22N2O5S/c1-5-24-18(21)16-12(4)19-17(26-16)13-6-7-15(14(10-13)20(22)23)25-9-8-11(2)3/h6-7,10-11H,5,8-9H2,1-4H3. The number of aromatic nitrogens is 1. The normalized spacial score (nSPS) is 10.8. The fourth-order valence-electron chi connectivity index (χ4n) is 2.23. The lowest BCUT2D eigenvalue weighted by atomic mass is 10.1. The van der Waals surface area contributed by atoms with Gasteiger partial charge in [-0.3, -0.25) is 10.1 Å². The molecule has 0 unspecified atom stereocenters. The van der Waals surface area contributed by atoms with Gasteiger partial charge in [0.1, 0.15) is 9.88 Å². The third-order valence-corrected chi connectivity index (χ3v) is 4.80. The first-order valence-electron chi connectivity index (χ1n) is 8.39. The van der Waals surface area contributed by atoms with Crippen LogP contribution in [0.3, 0.4) is 0 Å². The fraction of sp³-hybridized carbons (Fsp3) is 0.444. The summed E-state index contributed by atoms with van der Waals surface area (Å²) in [5.74, 6) is 0.253. The lowest BCUT2D eigenvalue weighted by Crippen LogP contribution is -2.03. The minimum absolute atomic E-state index is 0.114. The highest BCUT2D eigenvalue weighted by molar-refractivity contribution is 7.17. The van der Waals surface area contributed by atoms with E-state index in [0.29, 0.717) is 33.7 Å². The molecule has 0 saturated heterocycles. The molecule has 0 spiro atoms. The van der Waals surface area contributed by atoms with Gasteiger partial charge in [-0.25, -0.2) is 9.78 Å². The zero-order valence-corrected chi connectivity index (χ0v) is 16.1. The van der Waals surface area contributed by atoms with Gasteiger partial charge in [0, 0.05) is 11.6 Å². The van der Waals surface area contributed by atoms with Crippen molar-refractivity contribution in [2.45, 2.75) is 34.1 Å². The van der Waals surface area contributed by atoms with Crippen molar-refractivity contribution in [3.05, 3.63) is 38.9 Å². The number of ether oxygens (including phenoxy) is 2. The van der Waals surface area contributed by atoms with E-state index in [9.17, 15) is 14.9 Å². The van der Waals surface area contributed by atoms with Crippen molar-refractivity contribution in [1.29, 1.82) is 0 Å². The predicted molar refractivity (Wildman–Crippen MR) is 99.8 cm³/mol. The molecule has 0 radical (unpaired) electrons. The van der Waals surface area contributed by atoms with Gasteiger partial charge >= 0.3 is 11.7 Å². The van der Waals surface area contributed by atoms with Crippen molar-refractivity contribution >= 4 is 23.0 Å². The Hall–Kier alpha value is -2.48. The molecule has 0 saturated carbocycles. The van der Waals surface area contributed by atoms with Gasteiger partial charge in [0.05, 0.1) is 23.8 Å². The Morgan fingerprint density at radius 2 is 2.12 bits per heavy atom. The number of carbonyl (C=O) groups excluding carboxylic acids is 1. The number of esters is 1. The molecule has 0 N–H and O–H groups in total. The number of benzene rings is 1. The molecule has 0 aliphatic heterocycles. The number of hydrogen-bond acceptors (Lipinski definition) is 7. The van der Waals surface area contributed by atoms with Crippen LogP contribution >= 0.6 is 11.3 Å². The maximum absolute atomic E-state index is 11.9. The van der Waals surface area contributed by atoms with Crippen molar-refractivity contribution in [1.82, 2.24) is 4.98 Å². The van der Waals surface area contributed by atoms with E-state index in [1.54, 1.807) is 26.0 Å². The molecule has 0 atom stereocenters. The maximum Gasteiger partial charge on any atom is 0.350 e. The first-order chi connectivity index (χ1) is 12.3. The number of rotatable bonds is 8. The van der Waals surface area contributed by atoms with Crippen LogP contribution in [0.4, 0.5) is 5.69 Å². The molecule has 140 valence electrons. The molecule has 8 heteroatoms. The van der Waals surface area contributed by atoms with E-state index in [1.807, 2.05) is 0 Å². The zero-order chi connectivity index (χ0) is 19.3. The molecule has 2 rings (SSSR count). The number of carbonyl (C=O) groups is 1. The minimum Gasteiger partial charge on any atom is -0.487 e. The first-order valence-corrected chi connectivity index (χ1v) is 9.21. The summed E-state index contributed by atoms with van der Waals surface area (Å²) in [7, 11) is 0. The van der Waals surface area contributed by atoms with E-state index in [4.69, 9.17) is 9.47 Å². The van der Waals surface area contributed by atoms with E-state index in [-0.39, 0.29) is 18.0 Å². The van der Waals surface area contributed by atoms with Crippen LogP contribution in [0.1, 0.15) is 42.6 Å². The quantitative estimate of drug-likeness (QED) is 0.378. The number of nitro benzene ring substituents is 1. The van der Waals surface area contributed by atoms with Crippen LogP contribution in [0.25, 0.3) is 10.6 Å². The number of nitrogens with zero attached hydrogens (tertiary/aromatic N) is 2. The second-order valence-electron chi connectivity index (χ2n) is 6.12. The van der Waals surface area contributed by atoms with Crippen molar-refractivity contribution in [2.75, 3.05) is 13.2 Å². The van der Waals surface area contributed by atoms with Crippen LogP contribution in [0.5, 0.6) is 5.75 Å². The second kappa shape index (κ2) is 8.75. The molecule has 0 fully saturated rings. The number of aryl methyl sites for hydroxylation is 1. The van der Waals surface area contributed by atoms with Crippen molar-refractivity contribution in [3.8, 4) is 16.3 Å². The van der Waals surface area contributed by atoms with Crippen LogP contribution in [0.15, 0.2) is 18.2 Å². The van der Waals surface area contributed by atoms with Gasteiger partial charge in [0.25, 0.3) is 0 Å². The zero-order valence-electron chi connectivity index (χ0n) is 15.3. The molecule has 1 heterocycles. The van der Waals surface area contributed by atoms with E-state index in [2.05, 4.69) is 18.8 Å². The lowest BCUT2D eigenvalue weighted by molar-refractivity contribution is -0.385. The SMILES string of the molecule is CCOC(=O)c1sc(-c2ccc(OCCC(C)C)c([N+](=O)[O-])c2)nc1C. The molecule has 7 nitrogen and oxygen atoms in total. The molecule has 1 aromatic heterocycles. The van der Waals surface area contributed by atoms with Gasteiger partial charge in [0.15, 0.2) is 5.75 Å². The summed E-state index contributed by atoms with van der Waals surface area (Å²) in [6.07, 6.45) is 0.813. The average molecular weight is 378 g/mol. The first kappa shape index (κ1) is 19.8. The number of thiazole rings is 1. The van der Waals surface area contributed by atoms with Gasteiger partial charge in [-0.15, -0.1) is 11.3 Å². The molecule has 0 amide bonds. The molecule has 0 aliphatic rings. The van der Waals surface area contributed by atoms with E-state index < -0.39 is 10.9 Å². The highest BCUT2D eigenvalue weighted by Gasteiger charge is 2.21. The van der Waals surface area contributed by atoms with Crippen LogP contribution < -0.4 is 4.74 Å². The van der Waals surface area contributed by atoms with E-state index >= 15 is 0 Å². The fourth-order valence-corrected chi connectivity index (χ4v) is 3.18. The summed E-state index contributed by atoms with van der Waals surface area (Å²) in [5.41, 5.74) is 0.997. The largest absolute Gasteiger partial charge is 0.487 e. The van der Waals surface area contributed by atoms with Crippen molar-refractivity contribution in [3.63, 3.8) is 0 Å². The topological polar surface area (TPSA) is 91.6 Å². The summed E-state index contributed by atoms with van der Waals surface area (Å²) in [6.45, 7) is 8.26. The molecular weight excluding hydrogens is 356 g/mol. The van der Waals surface area contributed by atoms with Crippen LogP contribution in [-0.2, 0) is 4.74 Å². The van der Waals surface area contributed by atoms with Crippen LogP contribution in [0.2, 0.25) is 0 Å². The van der Waals surface area contributed by atoms with Crippen LogP contribution in [-0.4, -0.2) is 29.1 Å². The van der Waals surface area contributed by atoms with Crippen molar-refractivity contribution < 1.29 is 19.2 Å². The third-order valence-electron chi connectivity index (χ3n) is 3.61. The molecule has 26 heavy (non-hydrogen) atoms. The molecule has 0 aliphatic carbocycles. The van der Waals surface area contributed by atoms with E-state index in [0.717, 1.165) is 17.8 Å². The number of nitro groups is 1. The molecular formula is C18H22N2O5S. The molecule has 0 bridgehead atoms. The van der Waals surface area contributed by atoms with Gasteiger partial charge in [-0.2, -0.15) is 0 Å². The lowest BCUT2D eigenvalue weighted by Gasteiger charge is -2.09. The monoisotopic (exact) mass is 378 g/mol. The smallest absolute Gasteiger partial charge is 0.350 e. The van der Waals surface area contributed by atoms with Gasteiger partial charge < -0.3 is 9.47 Å². The Balaban J connectivity index is 2.30. The van der Waals surface area contributed by atoms with Gasteiger partial charge in [-0.1, -0.05) is 13.8 Å². The molecule has 1 aromatic carbocycles. The summed E-state index contributed by atoms with van der Waals surface area (Å²) in [6, 6.07) is 4.72. The highest BCUT2D eigenvalue weighted by atomic mass is 32.1. The summed E-state index contributed by atoms with van der Waals surface area (Å²) < 4.78 is 10.6. The van der Waals surface area contributed by atoms with Crippen molar-refractivity contribution in [2.24, 2.45) is 5.92 Å². The van der Waals surface area contributed by atoms with Gasteiger partial charge in [-0.05, 0) is 38.3 Å². The Kier molecular flexibility index (Phi) is 6.68. The van der Waals surface area contributed by atoms with Crippen LogP contribution in [0, 0.1) is 23.0 Å². The summed E-state index contributed by atoms with van der Waals surface area (Å²) in [4.78, 5) is 27.6. The van der Waals surface area contributed by atoms with Gasteiger partial charge in [0.2, 0.25) is 0 Å². The third kappa shape index (κ3) is 4.78. The number of hydrogen-bond donors (Lipinski definition) is 0. The summed E-state index contributed by atoms with van der Waals surface area (Å²) in [5, 5.41) is 11.9. The molecule has 2 aromatic rings. The Labute approximate surface area is 156 Å². The Bertz CT molecular complexity index is 801. The second-order valence-corrected chi connectivity index (χ2v) is 7.12. The minimum atomic E-state index is -0.471. The highest BCUT2D eigenvalue weighted by Crippen LogP contribution is 2.35. The Morgan fingerprint density at radius 1 is 1.38 bits per heavy atom. The predicted octanol–water partition coefficient (Wildman–Crippen LogP) is 4.63. The summed E-state index contributed by atoms with van der Waals surface area (Å²) >= 11 is 1.16. The maximum atomic E-state index is 11.9. The van der Waals surface area contributed by atoms with E-state index in [1.165, 1.54) is 6.07 Å². The Morgan fingerprint density at radius 3 is 2.73 bits per heavy atom.